The lowest BCUT2D eigenvalue weighted by atomic mass is 10.00. The van der Waals surface area contributed by atoms with Crippen molar-refractivity contribution in [3.8, 4) is 0 Å². The number of hydrogen-bond donors (Lipinski definition) is 1. The van der Waals surface area contributed by atoms with E-state index in [1.54, 1.807) is 0 Å². The van der Waals surface area contributed by atoms with Crippen LogP contribution in [0.4, 0.5) is 13.2 Å². The Morgan fingerprint density at radius 3 is 2.67 bits per heavy atom. The fourth-order valence-electron chi connectivity index (χ4n) is 3.25. The number of carbonyl (C=O) groups excluding carboxylic acids is 1. The van der Waals surface area contributed by atoms with E-state index in [-0.39, 0.29) is 28.5 Å². The third-order valence-corrected chi connectivity index (χ3v) is 5.64. The van der Waals surface area contributed by atoms with Crippen LogP contribution in [0, 0.1) is 0 Å². The van der Waals surface area contributed by atoms with Crippen LogP contribution >= 0.6 is 11.8 Å². The van der Waals surface area contributed by atoms with Crippen LogP contribution in [0.3, 0.4) is 0 Å². The van der Waals surface area contributed by atoms with Gasteiger partial charge in [-0.15, -0.1) is 10.2 Å². The maximum Gasteiger partial charge on any atom is 0.417 e. The van der Waals surface area contributed by atoms with Gasteiger partial charge in [-0.1, -0.05) is 54.2 Å². The SMILES string of the molecule is CC(NC(=O)CSc1nnc2ccc(C(F)(F)F)cn12)c1cccc2ccccc12. The minimum absolute atomic E-state index is 0.00610. The first-order valence-corrected chi connectivity index (χ1v) is 10.1. The summed E-state index contributed by atoms with van der Waals surface area (Å²) < 4.78 is 40.1. The third-order valence-electron chi connectivity index (χ3n) is 4.70. The summed E-state index contributed by atoms with van der Waals surface area (Å²) >= 11 is 1.03. The Hall–Kier alpha value is -3.07. The number of benzene rings is 2. The molecule has 30 heavy (non-hydrogen) atoms. The number of carbonyl (C=O) groups is 1. The van der Waals surface area contributed by atoms with E-state index >= 15 is 0 Å². The molecule has 1 unspecified atom stereocenters. The Bertz CT molecular complexity index is 1220. The molecule has 2 aromatic carbocycles. The van der Waals surface area contributed by atoms with Gasteiger partial charge in [0.2, 0.25) is 5.91 Å². The highest BCUT2D eigenvalue weighted by Crippen LogP contribution is 2.30. The molecule has 2 heterocycles. The lowest BCUT2D eigenvalue weighted by Gasteiger charge is -2.16. The molecule has 1 amide bonds. The minimum atomic E-state index is -4.47. The van der Waals surface area contributed by atoms with Gasteiger partial charge < -0.3 is 5.32 Å². The van der Waals surface area contributed by atoms with Crippen LogP contribution in [0.25, 0.3) is 16.4 Å². The highest BCUT2D eigenvalue weighted by atomic mass is 32.2. The van der Waals surface area contributed by atoms with Gasteiger partial charge >= 0.3 is 6.18 Å². The van der Waals surface area contributed by atoms with Gasteiger partial charge in [0.05, 0.1) is 17.4 Å². The number of fused-ring (bicyclic) bond motifs is 2. The first-order valence-electron chi connectivity index (χ1n) is 9.15. The average molecular weight is 430 g/mol. The second kappa shape index (κ2) is 7.98. The first-order chi connectivity index (χ1) is 14.3. The molecule has 1 N–H and O–H groups in total. The molecule has 0 spiro atoms. The fourth-order valence-corrected chi connectivity index (χ4v) is 3.98. The van der Waals surface area contributed by atoms with Crippen molar-refractivity contribution >= 4 is 34.1 Å². The molecule has 4 rings (SSSR count). The van der Waals surface area contributed by atoms with Gasteiger partial charge in [-0.2, -0.15) is 13.2 Å². The zero-order valence-electron chi connectivity index (χ0n) is 15.8. The predicted molar refractivity (Wildman–Crippen MR) is 109 cm³/mol. The smallest absolute Gasteiger partial charge is 0.349 e. The summed E-state index contributed by atoms with van der Waals surface area (Å²) in [6.45, 7) is 1.90. The molecule has 0 radical (unpaired) electrons. The number of alkyl halides is 3. The van der Waals surface area contributed by atoms with Crippen LogP contribution < -0.4 is 5.32 Å². The van der Waals surface area contributed by atoms with Crippen molar-refractivity contribution in [2.45, 2.75) is 24.3 Å². The average Bonchev–Trinajstić information content (AvgIpc) is 3.13. The van der Waals surface area contributed by atoms with E-state index in [9.17, 15) is 18.0 Å². The van der Waals surface area contributed by atoms with E-state index in [1.165, 1.54) is 10.5 Å². The highest BCUT2D eigenvalue weighted by molar-refractivity contribution is 7.99. The maximum absolute atomic E-state index is 13.0. The Morgan fingerprint density at radius 1 is 1.10 bits per heavy atom. The summed E-state index contributed by atoms with van der Waals surface area (Å²) in [6, 6.07) is 15.8. The Morgan fingerprint density at radius 2 is 1.87 bits per heavy atom. The molecule has 0 saturated heterocycles. The Balaban J connectivity index is 1.46. The number of rotatable bonds is 5. The van der Waals surface area contributed by atoms with E-state index in [2.05, 4.69) is 15.5 Å². The molecule has 154 valence electrons. The summed E-state index contributed by atoms with van der Waals surface area (Å²) in [5.74, 6) is -0.240. The lowest BCUT2D eigenvalue weighted by molar-refractivity contribution is -0.137. The molecule has 9 heteroatoms. The van der Waals surface area contributed by atoms with Crippen LogP contribution in [-0.4, -0.2) is 26.3 Å². The van der Waals surface area contributed by atoms with Gasteiger partial charge in [-0.25, -0.2) is 0 Å². The van der Waals surface area contributed by atoms with E-state index < -0.39 is 11.7 Å². The number of pyridine rings is 1. The predicted octanol–water partition coefficient (Wildman–Crippen LogP) is 4.87. The summed E-state index contributed by atoms with van der Waals surface area (Å²) in [6.07, 6.45) is -3.53. The summed E-state index contributed by atoms with van der Waals surface area (Å²) in [7, 11) is 0. The molecule has 2 aromatic heterocycles. The number of halogens is 3. The second-order valence-corrected chi connectivity index (χ2v) is 7.72. The number of thioether (sulfide) groups is 1. The second-order valence-electron chi connectivity index (χ2n) is 6.77. The molecule has 4 aromatic rings. The first kappa shape index (κ1) is 20.2. The van der Waals surface area contributed by atoms with Crippen molar-refractivity contribution in [3.05, 3.63) is 71.9 Å². The summed E-state index contributed by atoms with van der Waals surface area (Å²) in [5, 5.41) is 13.1. The molecular weight excluding hydrogens is 413 g/mol. The van der Waals surface area contributed by atoms with Crippen LogP contribution in [0.15, 0.2) is 66.0 Å². The van der Waals surface area contributed by atoms with Gasteiger partial charge in [-0.05, 0) is 35.4 Å². The minimum Gasteiger partial charge on any atom is -0.349 e. The van der Waals surface area contributed by atoms with E-state index in [1.807, 2.05) is 49.4 Å². The van der Waals surface area contributed by atoms with Crippen molar-refractivity contribution < 1.29 is 18.0 Å². The van der Waals surface area contributed by atoms with Crippen LogP contribution in [0.2, 0.25) is 0 Å². The Kier molecular flexibility index (Phi) is 5.38. The molecule has 0 fully saturated rings. The molecule has 5 nitrogen and oxygen atoms in total. The topological polar surface area (TPSA) is 59.3 Å². The van der Waals surface area contributed by atoms with E-state index in [0.717, 1.165) is 40.4 Å². The third kappa shape index (κ3) is 4.11. The zero-order valence-corrected chi connectivity index (χ0v) is 16.7. The number of aromatic nitrogens is 3. The summed E-state index contributed by atoms with van der Waals surface area (Å²) in [5.41, 5.74) is 0.481. The zero-order chi connectivity index (χ0) is 21.3. The molecule has 0 aliphatic rings. The van der Waals surface area contributed by atoms with Gasteiger partial charge in [-0.3, -0.25) is 9.20 Å². The fraction of sp³-hybridized carbons (Fsp3) is 0.190. The van der Waals surface area contributed by atoms with E-state index in [4.69, 9.17) is 0 Å². The number of nitrogens with zero attached hydrogens (tertiary/aromatic N) is 3. The number of nitrogens with one attached hydrogen (secondary N) is 1. The summed E-state index contributed by atoms with van der Waals surface area (Å²) in [4.78, 5) is 12.5. The molecule has 1 atom stereocenters. The van der Waals surface area contributed by atoms with E-state index in [0.29, 0.717) is 0 Å². The van der Waals surface area contributed by atoms with Gasteiger partial charge in [0.25, 0.3) is 0 Å². The number of amides is 1. The van der Waals surface area contributed by atoms with Crippen LogP contribution in [0.5, 0.6) is 0 Å². The standard InChI is InChI=1S/C21H17F3N4OS/c1-13(16-8-4-6-14-5-2-3-7-17(14)16)25-19(29)12-30-20-27-26-18-10-9-15(11-28(18)20)21(22,23)24/h2-11,13H,12H2,1H3,(H,25,29). The molecular formula is C21H17F3N4OS. The molecule has 0 saturated carbocycles. The highest BCUT2D eigenvalue weighted by Gasteiger charge is 2.31. The quantitative estimate of drug-likeness (QED) is 0.459. The van der Waals surface area contributed by atoms with Gasteiger partial charge in [0.15, 0.2) is 10.8 Å². The monoisotopic (exact) mass is 430 g/mol. The van der Waals surface area contributed by atoms with Crippen LogP contribution in [-0.2, 0) is 11.0 Å². The normalized spacial score (nSPS) is 12.9. The largest absolute Gasteiger partial charge is 0.417 e. The van der Waals surface area contributed by atoms with Gasteiger partial charge in [0.1, 0.15) is 0 Å². The number of hydrogen-bond acceptors (Lipinski definition) is 4. The van der Waals surface area contributed by atoms with Crippen molar-refractivity contribution in [2.75, 3.05) is 5.75 Å². The van der Waals surface area contributed by atoms with Crippen molar-refractivity contribution in [1.29, 1.82) is 0 Å². The van der Waals surface area contributed by atoms with Crippen molar-refractivity contribution in [2.24, 2.45) is 0 Å². The molecule has 0 aliphatic heterocycles. The molecule has 0 bridgehead atoms. The molecule has 0 aliphatic carbocycles. The van der Waals surface area contributed by atoms with Crippen molar-refractivity contribution in [1.82, 2.24) is 19.9 Å². The lowest BCUT2D eigenvalue weighted by Crippen LogP contribution is -2.28. The van der Waals surface area contributed by atoms with Gasteiger partial charge in [0, 0.05) is 6.20 Å². The van der Waals surface area contributed by atoms with Crippen molar-refractivity contribution in [3.63, 3.8) is 0 Å². The maximum atomic E-state index is 13.0. The van der Waals surface area contributed by atoms with Crippen LogP contribution in [0.1, 0.15) is 24.1 Å². The Labute approximate surface area is 174 Å².